The van der Waals surface area contributed by atoms with Crippen LogP contribution >= 0.6 is 0 Å². The molecule has 0 radical (unpaired) electrons. The number of hydrogen-bond acceptors (Lipinski definition) is 3. The van der Waals surface area contributed by atoms with Crippen molar-refractivity contribution in [2.45, 2.75) is 18.9 Å². The molecule has 1 N–H and O–H groups in total. The normalized spacial score (nSPS) is 22.5. The Morgan fingerprint density at radius 3 is 3.18 bits per heavy atom. The van der Waals surface area contributed by atoms with Crippen molar-refractivity contribution in [2.75, 3.05) is 25.5 Å². The van der Waals surface area contributed by atoms with E-state index in [1.807, 2.05) is 23.1 Å². The lowest BCUT2D eigenvalue weighted by Crippen LogP contribution is -2.36. The average Bonchev–Trinajstić information content (AvgIpc) is 2.79. The van der Waals surface area contributed by atoms with E-state index in [1.165, 1.54) is 0 Å². The highest BCUT2D eigenvalue weighted by atomic mass is 16.5. The molecule has 2 aliphatic rings. The molecule has 2 heterocycles. The van der Waals surface area contributed by atoms with E-state index in [1.54, 1.807) is 7.11 Å². The second-order valence-corrected chi connectivity index (χ2v) is 4.59. The first-order valence-electron chi connectivity index (χ1n) is 6.02. The molecule has 0 aromatic heterocycles. The third-order valence-corrected chi connectivity index (χ3v) is 3.62. The van der Waals surface area contributed by atoms with Gasteiger partial charge in [-0.1, -0.05) is 0 Å². The highest BCUT2D eigenvalue weighted by Crippen LogP contribution is 2.30. The van der Waals surface area contributed by atoms with Gasteiger partial charge in [0.25, 0.3) is 5.91 Å². The number of nitrogens with zero attached hydrogens (tertiary/aromatic N) is 1. The maximum atomic E-state index is 12.4. The summed E-state index contributed by atoms with van der Waals surface area (Å²) < 4.78 is 5.18. The Morgan fingerprint density at radius 1 is 1.47 bits per heavy atom. The van der Waals surface area contributed by atoms with Crippen LogP contribution in [-0.2, 0) is 0 Å². The minimum absolute atomic E-state index is 0.131. The van der Waals surface area contributed by atoms with Gasteiger partial charge in [0.2, 0.25) is 0 Å². The van der Waals surface area contributed by atoms with Crippen LogP contribution in [0.2, 0.25) is 0 Å². The van der Waals surface area contributed by atoms with Crippen LogP contribution in [0.15, 0.2) is 18.2 Å². The number of carbonyl (C=O) groups is 1. The summed E-state index contributed by atoms with van der Waals surface area (Å²) in [5, 5.41) is 3.36. The number of benzene rings is 1. The Bertz CT molecular complexity index is 459. The molecule has 4 nitrogen and oxygen atoms in total. The summed E-state index contributed by atoms with van der Waals surface area (Å²) in [5.41, 5.74) is 1.65. The lowest BCUT2D eigenvalue weighted by atomic mass is 10.1. The van der Waals surface area contributed by atoms with Gasteiger partial charge < -0.3 is 15.0 Å². The molecule has 0 unspecified atom stereocenters. The predicted octanol–water partition coefficient (Wildman–Crippen LogP) is 1.73. The fourth-order valence-electron chi connectivity index (χ4n) is 2.68. The topological polar surface area (TPSA) is 41.6 Å². The van der Waals surface area contributed by atoms with Gasteiger partial charge in [-0.15, -0.1) is 0 Å². The molecule has 1 aromatic rings. The zero-order valence-electron chi connectivity index (χ0n) is 9.90. The lowest BCUT2D eigenvalue weighted by Gasteiger charge is -2.21. The van der Waals surface area contributed by atoms with Crippen LogP contribution in [0.25, 0.3) is 0 Å². The Kier molecular flexibility index (Phi) is 2.42. The van der Waals surface area contributed by atoms with E-state index < -0.39 is 0 Å². The van der Waals surface area contributed by atoms with E-state index in [4.69, 9.17) is 4.74 Å². The summed E-state index contributed by atoms with van der Waals surface area (Å²) >= 11 is 0. The van der Waals surface area contributed by atoms with Crippen molar-refractivity contribution < 1.29 is 9.53 Å². The number of methoxy groups -OCH3 is 1. The zero-order chi connectivity index (χ0) is 11.8. The summed E-state index contributed by atoms with van der Waals surface area (Å²) in [5.74, 6) is 0.864. The monoisotopic (exact) mass is 232 g/mol. The van der Waals surface area contributed by atoms with Gasteiger partial charge >= 0.3 is 0 Å². The minimum Gasteiger partial charge on any atom is -0.497 e. The van der Waals surface area contributed by atoms with Crippen molar-refractivity contribution in [3.05, 3.63) is 23.8 Å². The van der Waals surface area contributed by atoms with Crippen molar-refractivity contribution in [1.29, 1.82) is 0 Å². The molecule has 1 saturated heterocycles. The third kappa shape index (κ3) is 1.64. The predicted molar refractivity (Wildman–Crippen MR) is 65.5 cm³/mol. The summed E-state index contributed by atoms with van der Waals surface area (Å²) in [6.07, 6.45) is 2.21. The standard InChI is InChI=1S/C13H16N2O2/c1-17-10-4-5-12-11(7-10)13(16)15-6-2-3-9(15)8-14-12/h4-5,7,9,14H,2-3,6,8H2,1H3/t9-/m0/s1. The highest BCUT2D eigenvalue weighted by Gasteiger charge is 2.33. The number of ether oxygens (including phenoxy) is 1. The first-order valence-corrected chi connectivity index (χ1v) is 6.02. The Hall–Kier alpha value is -1.71. The number of fused-ring (bicyclic) bond motifs is 2. The molecule has 0 spiro atoms. The second kappa shape index (κ2) is 3.95. The Labute approximate surface area is 101 Å². The minimum atomic E-state index is 0.131. The molecule has 0 aliphatic carbocycles. The van der Waals surface area contributed by atoms with Crippen LogP contribution in [0.5, 0.6) is 5.75 Å². The molecule has 1 amide bonds. The Morgan fingerprint density at radius 2 is 2.35 bits per heavy atom. The fourth-order valence-corrected chi connectivity index (χ4v) is 2.68. The largest absolute Gasteiger partial charge is 0.497 e. The molecule has 0 saturated carbocycles. The number of anilines is 1. The highest BCUT2D eigenvalue weighted by molar-refractivity contribution is 6.01. The Balaban J connectivity index is 2.03. The van der Waals surface area contributed by atoms with Gasteiger partial charge in [0.15, 0.2) is 0 Å². The first-order chi connectivity index (χ1) is 8.29. The quantitative estimate of drug-likeness (QED) is 0.801. The molecule has 17 heavy (non-hydrogen) atoms. The lowest BCUT2D eigenvalue weighted by molar-refractivity contribution is 0.0750. The van der Waals surface area contributed by atoms with Gasteiger partial charge in [0.05, 0.1) is 12.7 Å². The van der Waals surface area contributed by atoms with Gasteiger partial charge in [-0.3, -0.25) is 4.79 Å². The van der Waals surface area contributed by atoms with Crippen molar-refractivity contribution in [3.63, 3.8) is 0 Å². The van der Waals surface area contributed by atoms with E-state index in [-0.39, 0.29) is 5.91 Å². The SMILES string of the molecule is COc1ccc2c(c1)C(=O)N1CCC[C@H]1CN2. The molecular formula is C13H16N2O2. The number of hydrogen-bond donors (Lipinski definition) is 1. The molecule has 1 aromatic carbocycles. The van der Waals surface area contributed by atoms with Crippen LogP contribution < -0.4 is 10.1 Å². The van der Waals surface area contributed by atoms with Crippen LogP contribution in [0.4, 0.5) is 5.69 Å². The molecule has 1 fully saturated rings. The maximum Gasteiger partial charge on any atom is 0.256 e. The van der Waals surface area contributed by atoms with Crippen LogP contribution in [0.1, 0.15) is 23.2 Å². The zero-order valence-corrected chi connectivity index (χ0v) is 9.90. The number of carbonyl (C=O) groups excluding carboxylic acids is 1. The summed E-state index contributed by atoms with van der Waals surface area (Å²) in [6.45, 7) is 1.73. The van der Waals surface area contributed by atoms with Crippen LogP contribution in [0, 0.1) is 0 Å². The molecular weight excluding hydrogens is 216 g/mol. The van der Waals surface area contributed by atoms with Gasteiger partial charge in [-0.25, -0.2) is 0 Å². The van der Waals surface area contributed by atoms with Crippen molar-refractivity contribution in [3.8, 4) is 5.75 Å². The second-order valence-electron chi connectivity index (χ2n) is 4.59. The third-order valence-electron chi connectivity index (χ3n) is 3.62. The molecule has 1 atom stereocenters. The van der Waals surface area contributed by atoms with E-state index in [0.717, 1.165) is 42.9 Å². The van der Waals surface area contributed by atoms with Crippen molar-refractivity contribution in [2.24, 2.45) is 0 Å². The summed E-state index contributed by atoms with van der Waals surface area (Å²) in [6, 6.07) is 5.98. The number of rotatable bonds is 1. The van der Waals surface area contributed by atoms with Gasteiger partial charge in [-0.05, 0) is 31.0 Å². The van der Waals surface area contributed by atoms with E-state index in [0.29, 0.717) is 6.04 Å². The molecule has 0 bridgehead atoms. The number of amides is 1. The van der Waals surface area contributed by atoms with Crippen LogP contribution in [0.3, 0.4) is 0 Å². The molecule has 90 valence electrons. The van der Waals surface area contributed by atoms with Gasteiger partial charge in [0.1, 0.15) is 5.75 Å². The molecule has 2 aliphatic heterocycles. The van der Waals surface area contributed by atoms with Crippen molar-refractivity contribution >= 4 is 11.6 Å². The van der Waals surface area contributed by atoms with E-state index in [2.05, 4.69) is 5.32 Å². The summed E-state index contributed by atoms with van der Waals surface area (Å²) in [4.78, 5) is 14.4. The summed E-state index contributed by atoms with van der Waals surface area (Å²) in [7, 11) is 1.62. The molecule has 3 rings (SSSR count). The molecule has 4 heteroatoms. The van der Waals surface area contributed by atoms with Crippen molar-refractivity contribution in [1.82, 2.24) is 4.90 Å². The van der Waals surface area contributed by atoms with E-state index >= 15 is 0 Å². The average molecular weight is 232 g/mol. The van der Waals surface area contributed by atoms with Gasteiger partial charge in [0, 0.05) is 24.8 Å². The smallest absolute Gasteiger partial charge is 0.256 e. The first kappa shape index (κ1) is 10.4. The van der Waals surface area contributed by atoms with E-state index in [9.17, 15) is 4.79 Å². The fraction of sp³-hybridized carbons (Fsp3) is 0.462. The number of nitrogens with one attached hydrogen (secondary N) is 1. The maximum absolute atomic E-state index is 12.4. The van der Waals surface area contributed by atoms with Crippen LogP contribution in [-0.4, -0.2) is 37.0 Å². The van der Waals surface area contributed by atoms with Gasteiger partial charge in [-0.2, -0.15) is 0 Å².